The fourth-order valence-corrected chi connectivity index (χ4v) is 3.20. The highest BCUT2D eigenvalue weighted by atomic mass is 127. The van der Waals surface area contributed by atoms with Crippen molar-refractivity contribution in [2.24, 2.45) is 5.41 Å². The molecule has 0 aromatic heterocycles. The molecule has 6 nitrogen and oxygen atoms in total. The normalized spacial score (nSPS) is 12.1. The predicted molar refractivity (Wildman–Crippen MR) is 110 cm³/mol. The Balaban J connectivity index is 2.26. The highest BCUT2D eigenvalue weighted by Crippen LogP contribution is 2.43. The van der Waals surface area contributed by atoms with Gasteiger partial charge in [-0.2, -0.15) is 5.26 Å². The highest BCUT2D eigenvalue weighted by molar-refractivity contribution is 14.1. The van der Waals surface area contributed by atoms with Crippen molar-refractivity contribution >= 4 is 34.4 Å². The molecule has 3 N–H and O–H groups in total. The van der Waals surface area contributed by atoms with Crippen LogP contribution in [0.15, 0.2) is 42.5 Å². The second-order valence-electron chi connectivity index (χ2n) is 6.76. The number of aliphatic hydroxyl groups excluding tert-OH is 1. The molecular formula is C20H21IN2O4. The molecular weight excluding hydrogens is 459 g/mol. The van der Waals surface area contributed by atoms with Crippen LogP contribution in [0.1, 0.15) is 37.5 Å². The average Bonchev–Trinajstić information content (AvgIpc) is 2.62. The van der Waals surface area contributed by atoms with Crippen LogP contribution in [0.2, 0.25) is 0 Å². The van der Waals surface area contributed by atoms with Gasteiger partial charge in [-0.1, -0.05) is 13.8 Å². The number of anilines is 1. The number of hydrogen-bond acceptors (Lipinski definition) is 5. The van der Waals surface area contributed by atoms with Crippen LogP contribution in [0.4, 0.5) is 10.5 Å². The zero-order valence-corrected chi connectivity index (χ0v) is 17.2. The maximum atomic E-state index is 12.5. The van der Waals surface area contributed by atoms with Gasteiger partial charge in [0, 0.05) is 26.8 Å². The minimum atomic E-state index is -0.766. The number of ether oxygens (including phenoxy) is 1. The monoisotopic (exact) mass is 480 g/mol. The number of rotatable bonds is 6. The van der Waals surface area contributed by atoms with E-state index < -0.39 is 17.6 Å². The maximum absolute atomic E-state index is 12.5. The second-order valence-corrected chi connectivity index (χ2v) is 8.01. The Morgan fingerprint density at radius 1 is 1.30 bits per heavy atom. The van der Waals surface area contributed by atoms with E-state index in [2.05, 4.69) is 27.9 Å². The standard InChI is InChI=1S/C20H21IN2O4/c1-20(2,9-10-24)18(16-11-14(21)5-8-17(16)25)27-19(26)23-15-6-3-13(12-22)4-7-15/h3-8,11,18,24-25H,9-10H2,1-2H3,(H,23,26)/t18-/m1/s1. The topological polar surface area (TPSA) is 103 Å². The van der Waals surface area contributed by atoms with Crippen LogP contribution in [0.25, 0.3) is 0 Å². The summed E-state index contributed by atoms with van der Waals surface area (Å²) in [7, 11) is 0. The Hall–Kier alpha value is -2.31. The van der Waals surface area contributed by atoms with E-state index in [-0.39, 0.29) is 12.4 Å². The first-order valence-electron chi connectivity index (χ1n) is 8.34. The van der Waals surface area contributed by atoms with Gasteiger partial charge in [-0.05, 0) is 71.5 Å². The molecule has 1 atom stereocenters. The average molecular weight is 480 g/mol. The lowest BCUT2D eigenvalue weighted by Crippen LogP contribution is -2.30. The van der Waals surface area contributed by atoms with Crippen molar-refractivity contribution < 1.29 is 19.7 Å². The molecule has 0 heterocycles. The molecule has 0 aliphatic carbocycles. The SMILES string of the molecule is CC(C)(CCO)[C@H](OC(=O)Nc1ccc(C#N)cc1)c1cc(I)ccc1O. The number of aliphatic hydroxyl groups is 1. The van der Waals surface area contributed by atoms with Gasteiger partial charge in [0.05, 0.1) is 11.6 Å². The van der Waals surface area contributed by atoms with Crippen molar-refractivity contribution in [3.63, 3.8) is 0 Å². The first kappa shape index (κ1) is 21.0. The molecule has 0 unspecified atom stereocenters. The molecule has 0 bridgehead atoms. The summed E-state index contributed by atoms with van der Waals surface area (Å²) in [5.41, 5.74) is 0.845. The van der Waals surface area contributed by atoms with Crippen LogP contribution >= 0.6 is 22.6 Å². The zero-order valence-electron chi connectivity index (χ0n) is 15.1. The Bertz CT molecular complexity index is 844. The molecule has 0 radical (unpaired) electrons. The van der Waals surface area contributed by atoms with Gasteiger partial charge in [0.15, 0.2) is 0 Å². The number of carbonyl (C=O) groups excluding carboxylic acids is 1. The molecule has 0 saturated heterocycles. The Morgan fingerprint density at radius 2 is 1.96 bits per heavy atom. The molecule has 0 aliphatic rings. The number of carbonyl (C=O) groups is 1. The molecule has 7 heteroatoms. The number of amides is 1. The Labute approximate surface area is 171 Å². The minimum absolute atomic E-state index is 0.0256. The van der Waals surface area contributed by atoms with Gasteiger partial charge < -0.3 is 14.9 Å². The third kappa shape index (κ3) is 5.58. The fourth-order valence-electron chi connectivity index (χ4n) is 2.68. The summed E-state index contributed by atoms with van der Waals surface area (Å²) < 4.78 is 6.55. The van der Waals surface area contributed by atoms with E-state index in [0.717, 1.165) is 3.57 Å². The van der Waals surface area contributed by atoms with Crippen LogP contribution in [-0.2, 0) is 4.74 Å². The molecule has 142 valence electrons. The number of nitriles is 1. The van der Waals surface area contributed by atoms with Crippen LogP contribution in [-0.4, -0.2) is 22.9 Å². The Kier molecular flexibility index (Phi) is 7.05. The summed E-state index contributed by atoms with van der Waals surface area (Å²) >= 11 is 2.12. The van der Waals surface area contributed by atoms with Gasteiger partial charge >= 0.3 is 6.09 Å². The molecule has 27 heavy (non-hydrogen) atoms. The lowest BCUT2D eigenvalue weighted by molar-refractivity contribution is 0.0138. The van der Waals surface area contributed by atoms with Crippen molar-refractivity contribution in [3.05, 3.63) is 57.2 Å². The summed E-state index contributed by atoms with van der Waals surface area (Å²) in [5, 5.41) is 31.1. The van der Waals surface area contributed by atoms with Crippen LogP contribution < -0.4 is 5.32 Å². The number of hydrogen-bond donors (Lipinski definition) is 3. The second kappa shape index (κ2) is 9.06. The van der Waals surface area contributed by atoms with Crippen molar-refractivity contribution in [3.8, 4) is 11.8 Å². The highest BCUT2D eigenvalue weighted by Gasteiger charge is 2.35. The van der Waals surface area contributed by atoms with E-state index in [1.807, 2.05) is 19.9 Å². The molecule has 1 amide bonds. The molecule has 2 aromatic carbocycles. The number of phenols is 1. The Morgan fingerprint density at radius 3 is 2.56 bits per heavy atom. The van der Waals surface area contributed by atoms with E-state index >= 15 is 0 Å². The van der Waals surface area contributed by atoms with Gasteiger partial charge in [0.2, 0.25) is 0 Å². The first-order valence-corrected chi connectivity index (χ1v) is 9.42. The summed E-state index contributed by atoms with van der Waals surface area (Å²) in [4.78, 5) is 12.5. The van der Waals surface area contributed by atoms with Crippen molar-refractivity contribution in [2.75, 3.05) is 11.9 Å². The molecule has 2 aromatic rings. The third-order valence-corrected chi connectivity index (χ3v) is 4.89. The van der Waals surface area contributed by atoms with Gasteiger partial charge in [0.1, 0.15) is 11.9 Å². The number of nitrogens with one attached hydrogen (secondary N) is 1. The largest absolute Gasteiger partial charge is 0.508 e. The van der Waals surface area contributed by atoms with Crippen LogP contribution in [0.3, 0.4) is 0 Å². The number of nitrogens with zero attached hydrogens (tertiary/aromatic N) is 1. The number of halogens is 1. The first-order chi connectivity index (χ1) is 12.8. The van der Waals surface area contributed by atoms with E-state index in [0.29, 0.717) is 23.2 Å². The van der Waals surface area contributed by atoms with Crippen molar-refractivity contribution in [2.45, 2.75) is 26.4 Å². The lowest BCUT2D eigenvalue weighted by atomic mass is 9.79. The fraction of sp³-hybridized carbons (Fsp3) is 0.300. The van der Waals surface area contributed by atoms with E-state index in [4.69, 9.17) is 10.00 Å². The molecule has 2 rings (SSSR count). The van der Waals surface area contributed by atoms with Crippen molar-refractivity contribution in [1.82, 2.24) is 0 Å². The number of benzene rings is 2. The van der Waals surface area contributed by atoms with Crippen LogP contribution in [0, 0.1) is 20.3 Å². The van der Waals surface area contributed by atoms with E-state index in [9.17, 15) is 15.0 Å². The molecule has 0 aliphatic heterocycles. The number of phenolic OH excluding ortho intramolecular Hbond substituents is 1. The quantitative estimate of drug-likeness (QED) is 0.526. The van der Waals surface area contributed by atoms with Gasteiger partial charge in [-0.15, -0.1) is 0 Å². The zero-order chi connectivity index (χ0) is 20.0. The summed E-state index contributed by atoms with van der Waals surface area (Å²) in [6.45, 7) is 3.65. The van der Waals surface area contributed by atoms with Crippen molar-refractivity contribution in [1.29, 1.82) is 5.26 Å². The minimum Gasteiger partial charge on any atom is -0.508 e. The summed E-state index contributed by atoms with van der Waals surface area (Å²) in [6.07, 6.45) is -1.07. The third-order valence-electron chi connectivity index (χ3n) is 4.22. The van der Waals surface area contributed by atoms with Gasteiger partial charge in [-0.3, -0.25) is 5.32 Å². The number of aromatic hydroxyl groups is 1. The molecule has 0 fully saturated rings. The summed E-state index contributed by atoms with van der Waals surface area (Å²) in [5.74, 6) is 0.0256. The lowest BCUT2D eigenvalue weighted by Gasteiger charge is -2.34. The van der Waals surface area contributed by atoms with E-state index in [1.165, 1.54) is 0 Å². The predicted octanol–water partition coefficient (Wildman–Crippen LogP) is 4.57. The van der Waals surface area contributed by atoms with E-state index in [1.54, 1.807) is 42.5 Å². The summed E-state index contributed by atoms with van der Waals surface area (Å²) in [6, 6.07) is 13.5. The smallest absolute Gasteiger partial charge is 0.412 e. The molecule has 0 saturated carbocycles. The van der Waals surface area contributed by atoms with Crippen LogP contribution in [0.5, 0.6) is 5.75 Å². The van der Waals surface area contributed by atoms with Gasteiger partial charge in [-0.25, -0.2) is 4.79 Å². The van der Waals surface area contributed by atoms with Gasteiger partial charge in [0.25, 0.3) is 0 Å². The molecule has 0 spiro atoms. The maximum Gasteiger partial charge on any atom is 0.412 e.